The molecule has 0 aliphatic carbocycles. The molecule has 0 spiro atoms. The average Bonchev–Trinajstić information content (AvgIpc) is 2.74. The van der Waals surface area contributed by atoms with Gasteiger partial charge in [0.1, 0.15) is 0 Å². The van der Waals surface area contributed by atoms with Crippen LogP contribution in [0.5, 0.6) is 0 Å². The van der Waals surface area contributed by atoms with Crippen molar-refractivity contribution in [3.63, 3.8) is 0 Å². The van der Waals surface area contributed by atoms with E-state index in [9.17, 15) is 4.79 Å². The van der Waals surface area contributed by atoms with Crippen LogP contribution in [-0.2, 0) is 12.1 Å². The Morgan fingerprint density at radius 2 is 2.05 bits per heavy atom. The molecule has 2 heterocycles. The first-order valence-electron chi connectivity index (χ1n) is 7.63. The van der Waals surface area contributed by atoms with Gasteiger partial charge in [-0.15, -0.1) is 0 Å². The van der Waals surface area contributed by atoms with Gasteiger partial charge in [-0.2, -0.15) is 0 Å². The molecule has 1 N–H and O–H groups in total. The Balaban J connectivity index is 2.05. The van der Waals surface area contributed by atoms with E-state index in [4.69, 9.17) is 0 Å². The molecule has 0 aliphatic heterocycles. The molecule has 2 aromatic rings. The largest absolute Gasteiger partial charge is 0.343 e. The van der Waals surface area contributed by atoms with Crippen molar-refractivity contribution >= 4 is 5.78 Å². The van der Waals surface area contributed by atoms with E-state index >= 15 is 0 Å². The zero-order valence-electron chi connectivity index (χ0n) is 14.1. The molecule has 0 aliphatic rings. The van der Waals surface area contributed by atoms with Crippen LogP contribution in [0.1, 0.15) is 48.1 Å². The Labute approximate surface area is 132 Å². The molecule has 0 saturated carbocycles. The first-order valence-corrected chi connectivity index (χ1v) is 7.63. The second-order valence-electron chi connectivity index (χ2n) is 6.68. The van der Waals surface area contributed by atoms with E-state index < -0.39 is 0 Å². The van der Waals surface area contributed by atoms with Gasteiger partial charge in [-0.1, -0.05) is 6.07 Å². The zero-order valence-corrected chi connectivity index (χ0v) is 14.1. The number of nitrogens with zero attached hydrogens (tertiary/aromatic N) is 2. The van der Waals surface area contributed by atoms with Crippen molar-refractivity contribution in [3.8, 4) is 0 Å². The molecule has 2 rings (SSSR count). The number of carbonyl (C=O) groups is 1. The standard InChI is InChI=1S/C18H25N3O/c1-13-9-16(14(2)21(13)18(3,4)5)17(22)12-20-11-15-7-6-8-19-10-15/h6-10,20H,11-12H2,1-5H3. The number of hydrogen-bond acceptors (Lipinski definition) is 3. The van der Waals surface area contributed by atoms with Crippen molar-refractivity contribution in [1.29, 1.82) is 0 Å². The van der Waals surface area contributed by atoms with Gasteiger partial charge in [-0.05, 0) is 52.3 Å². The summed E-state index contributed by atoms with van der Waals surface area (Å²) in [6, 6.07) is 5.89. The number of ketones is 1. The Kier molecular flexibility index (Phi) is 4.81. The Hall–Kier alpha value is -1.94. The zero-order chi connectivity index (χ0) is 16.3. The third kappa shape index (κ3) is 3.63. The molecule has 0 atom stereocenters. The van der Waals surface area contributed by atoms with Crippen molar-refractivity contribution in [1.82, 2.24) is 14.9 Å². The van der Waals surface area contributed by atoms with E-state index in [0.29, 0.717) is 13.1 Å². The fourth-order valence-corrected chi connectivity index (χ4v) is 3.00. The van der Waals surface area contributed by atoms with Gasteiger partial charge in [0, 0.05) is 41.4 Å². The van der Waals surface area contributed by atoms with Crippen molar-refractivity contribution in [3.05, 3.63) is 53.1 Å². The fraction of sp³-hybridized carbons (Fsp3) is 0.444. The quantitative estimate of drug-likeness (QED) is 0.862. The molecule has 2 aromatic heterocycles. The molecule has 0 saturated heterocycles. The highest BCUT2D eigenvalue weighted by Gasteiger charge is 2.22. The highest BCUT2D eigenvalue weighted by molar-refractivity contribution is 5.99. The first-order chi connectivity index (χ1) is 10.3. The topological polar surface area (TPSA) is 46.9 Å². The number of hydrogen-bond donors (Lipinski definition) is 1. The third-order valence-electron chi connectivity index (χ3n) is 3.74. The number of pyridine rings is 1. The Morgan fingerprint density at radius 1 is 1.32 bits per heavy atom. The summed E-state index contributed by atoms with van der Waals surface area (Å²) in [7, 11) is 0. The van der Waals surface area contributed by atoms with E-state index in [1.807, 2.05) is 31.3 Å². The smallest absolute Gasteiger partial charge is 0.178 e. The molecule has 0 bridgehead atoms. The van der Waals surface area contributed by atoms with Crippen LogP contribution in [0.25, 0.3) is 0 Å². The number of rotatable bonds is 5. The summed E-state index contributed by atoms with van der Waals surface area (Å²) in [5.74, 6) is 0.132. The fourth-order valence-electron chi connectivity index (χ4n) is 3.00. The summed E-state index contributed by atoms with van der Waals surface area (Å²) in [5.41, 5.74) is 4.04. The minimum Gasteiger partial charge on any atom is -0.343 e. The summed E-state index contributed by atoms with van der Waals surface area (Å²) in [5, 5.41) is 3.20. The van der Waals surface area contributed by atoms with E-state index in [-0.39, 0.29) is 11.3 Å². The van der Waals surface area contributed by atoms with E-state index in [0.717, 1.165) is 22.5 Å². The van der Waals surface area contributed by atoms with Crippen molar-refractivity contribution in [2.24, 2.45) is 0 Å². The number of Topliss-reactive ketones (excluding diaryl/α,β-unsaturated/α-hetero) is 1. The lowest BCUT2D eigenvalue weighted by Crippen LogP contribution is -2.26. The van der Waals surface area contributed by atoms with Gasteiger partial charge >= 0.3 is 0 Å². The molecule has 4 nitrogen and oxygen atoms in total. The number of carbonyl (C=O) groups excluding carboxylic acids is 1. The predicted molar refractivity (Wildman–Crippen MR) is 89.2 cm³/mol. The van der Waals surface area contributed by atoms with Crippen LogP contribution in [0, 0.1) is 13.8 Å². The second-order valence-corrected chi connectivity index (χ2v) is 6.68. The third-order valence-corrected chi connectivity index (χ3v) is 3.74. The molecule has 0 amide bonds. The Bertz CT molecular complexity index is 651. The first kappa shape index (κ1) is 16.4. The Morgan fingerprint density at radius 3 is 2.59 bits per heavy atom. The molecule has 0 radical (unpaired) electrons. The summed E-state index contributed by atoms with van der Waals surface area (Å²) in [6.45, 7) is 11.5. The summed E-state index contributed by atoms with van der Waals surface area (Å²) in [6.07, 6.45) is 3.55. The normalized spacial score (nSPS) is 11.7. The second kappa shape index (κ2) is 6.44. The molecule has 0 fully saturated rings. The maximum atomic E-state index is 12.5. The van der Waals surface area contributed by atoms with Gasteiger partial charge in [0.2, 0.25) is 0 Å². The van der Waals surface area contributed by atoms with Crippen LogP contribution < -0.4 is 5.32 Å². The van der Waals surface area contributed by atoms with Gasteiger partial charge in [0.05, 0.1) is 6.54 Å². The van der Waals surface area contributed by atoms with Crippen LogP contribution in [-0.4, -0.2) is 21.9 Å². The monoisotopic (exact) mass is 299 g/mol. The summed E-state index contributed by atoms with van der Waals surface area (Å²) < 4.78 is 2.22. The van der Waals surface area contributed by atoms with E-state index in [1.54, 1.807) is 6.20 Å². The molecule has 0 aromatic carbocycles. The molecular weight excluding hydrogens is 274 g/mol. The van der Waals surface area contributed by atoms with Crippen LogP contribution in [0.2, 0.25) is 0 Å². The van der Waals surface area contributed by atoms with Crippen LogP contribution >= 0.6 is 0 Å². The van der Waals surface area contributed by atoms with Gasteiger partial charge in [-0.25, -0.2) is 0 Å². The van der Waals surface area contributed by atoms with Gasteiger partial charge in [-0.3, -0.25) is 9.78 Å². The molecule has 0 unspecified atom stereocenters. The maximum absolute atomic E-state index is 12.5. The minimum atomic E-state index is -0.0180. The summed E-state index contributed by atoms with van der Waals surface area (Å²) in [4.78, 5) is 16.5. The molecular formula is C18H25N3O. The maximum Gasteiger partial charge on any atom is 0.178 e. The van der Waals surface area contributed by atoms with E-state index in [2.05, 4.69) is 42.6 Å². The molecule has 4 heteroatoms. The average molecular weight is 299 g/mol. The van der Waals surface area contributed by atoms with Gasteiger partial charge in [0.25, 0.3) is 0 Å². The lowest BCUT2D eigenvalue weighted by Gasteiger charge is -2.25. The lowest BCUT2D eigenvalue weighted by atomic mass is 10.1. The number of nitrogens with one attached hydrogen (secondary N) is 1. The van der Waals surface area contributed by atoms with Gasteiger partial charge < -0.3 is 9.88 Å². The van der Waals surface area contributed by atoms with Crippen LogP contribution in [0.3, 0.4) is 0 Å². The molecule has 22 heavy (non-hydrogen) atoms. The van der Waals surface area contributed by atoms with Crippen molar-refractivity contribution < 1.29 is 4.79 Å². The van der Waals surface area contributed by atoms with E-state index in [1.165, 1.54) is 0 Å². The summed E-state index contributed by atoms with van der Waals surface area (Å²) >= 11 is 0. The minimum absolute atomic E-state index is 0.0180. The number of aryl methyl sites for hydroxylation is 1. The molecule has 118 valence electrons. The highest BCUT2D eigenvalue weighted by Crippen LogP contribution is 2.24. The van der Waals surface area contributed by atoms with Crippen molar-refractivity contribution in [2.75, 3.05) is 6.54 Å². The lowest BCUT2D eigenvalue weighted by molar-refractivity contribution is 0.0990. The van der Waals surface area contributed by atoms with Crippen LogP contribution in [0.4, 0.5) is 0 Å². The van der Waals surface area contributed by atoms with Gasteiger partial charge in [0.15, 0.2) is 5.78 Å². The predicted octanol–water partition coefficient (Wildman–Crippen LogP) is 3.23. The number of aromatic nitrogens is 2. The van der Waals surface area contributed by atoms with Crippen molar-refractivity contribution in [2.45, 2.75) is 46.7 Å². The van der Waals surface area contributed by atoms with Crippen LogP contribution in [0.15, 0.2) is 30.6 Å². The SMILES string of the molecule is Cc1cc(C(=O)CNCc2cccnc2)c(C)n1C(C)(C)C. The highest BCUT2D eigenvalue weighted by atomic mass is 16.1.